The molecule has 0 bridgehead atoms. The predicted octanol–water partition coefficient (Wildman–Crippen LogP) is 1.53. The van der Waals surface area contributed by atoms with E-state index >= 15 is 0 Å². The SMILES string of the molecule is CN(C)c1c(C2CCNCC2)ccnc1NCC1(C#N)CCNC1. The molecule has 24 heavy (non-hydrogen) atoms. The number of nitrogens with one attached hydrogen (secondary N) is 3. The smallest absolute Gasteiger partial charge is 0.149 e. The van der Waals surface area contributed by atoms with Crippen molar-refractivity contribution in [3.05, 3.63) is 17.8 Å². The molecule has 0 aromatic carbocycles. The van der Waals surface area contributed by atoms with Gasteiger partial charge in [0.25, 0.3) is 0 Å². The molecule has 3 rings (SSSR count). The second kappa shape index (κ2) is 7.37. The largest absolute Gasteiger partial charge is 0.374 e. The quantitative estimate of drug-likeness (QED) is 0.761. The summed E-state index contributed by atoms with van der Waals surface area (Å²) < 4.78 is 0. The van der Waals surface area contributed by atoms with Crippen LogP contribution in [0.3, 0.4) is 0 Å². The highest BCUT2D eigenvalue weighted by molar-refractivity contribution is 5.70. The molecule has 0 aliphatic carbocycles. The van der Waals surface area contributed by atoms with Crippen molar-refractivity contribution < 1.29 is 0 Å². The number of pyridine rings is 1. The van der Waals surface area contributed by atoms with Crippen molar-refractivity contribution in [2.75, 3.05) is 57.0 Å². The van der Waals surface area contributed by atoms with E-state index in [1.54, 1.807) is 0 Å². The molecule has 2 saturated heterocycles. The summed E-state index contributed by atoms with van der Waals surface area (Å²) in [6.45, 7) is 4.46. The Hall–Kier alpha value is -1.84. The Balaban J connectivity index is 1.83. The summed E-state index contributed by atoms with van der Waals surface area (Å²) in [5, 5.41) is 19.8. The highest BCUT2D eigenvalue weighted by Gasteiger charge is 2.34. The molecule has 2 aliphatic rings. The lowest BCUT2D eigenvalue weighted by molar-refractivity contribution is 0.459. The molecule has 0 saturated carbocycles. The minimum atomic E-state index is -0.323. The molecule has 1 atom stereocenters. The van der Waals surface area contributed by atoms with E-state index in [1.165, 1.54) is 11.3 Å². The van der Waals surface area contributed by atoms with E-state index in [2.05, 4.69) is 52.1 Å². The Labute approximate surface area is 144 Å². The van der Waals surface area contributed by atoms with Crippen molar-refractivity contribution in [3.63, 3.8) is 0 Å². The molecule has 0 radical (unpaired) electrons. The van der Waals surface area contributed by atoms with Crippen LogP contribution in [0.1, 0.15) is 30.7 Å². The van der Waals surface area contributed by atoms with Gasteiger partial charge in [-0.3, -0.25) is 0 Å². The van der Waals surface area contributed by atoms with Crippen LogP contribution < -0.4 is 20.9 Å². The zero-order chi connectivity index (χ0) is 17.0. The Kier molecular flexibility index (Phi) is 5.22. The topological polar surface area (TPSA) is 76.0 Å². The van der Waals surface area contributed by atoms with Gasteiger partial charge in [-0.2, -0.15) is 5.26 Å². The minimum absolute atomic E-state index is 0.323. The molecule has 130 valence electrons. The fourth-order valence-corrected chi connectivity index (χ4v) is 3.81. The van der Waals surface area contributed by atoms with Gasteiger partial charge in [0, 0.05) is 33.4 Å². The molecule has 1 aromatic rings. The maximum Gasteiger partial charge on any atom is 0.149 e. The molecular weight excluding hydrogens is 300 g/mol. The lowest BCUT2D eigenvalue weighted by Crippen LogP contribution is -2.32. The van der Waals surface area contributed by atoms with Gasteiger partial charge in [0.05, 0.1) is 17.2 Å². The molecular formula is C18H28N6. The summed E-state index contributed by atoms with van der Waals surface area (Å²) in [4.78, 5) is 6.74. The summed E-state index contributed by atoms with van der Waals surface area (Å²) in [7, 11) is 4.15. The summed E-state index contributed by atoms with van der Waals surface area (Å²) >= 11 is 0. The number of piperidine rings is 1. The van der Waals surface area contributed by atoms with Crippen molar-refractivity contribution in [1.82, 2.24) is 15.6 Å². The molecule has 2 aliphatic heterocycles. The predicted molar refractivity (Wildman–Crippen MR) is 97.4 cm³/mol. The van der Waals surface area contributed by atoms with Gasteiger partial charge >= 0.3 is 0 Å². The molecule has 2 fully saturated rings. The second-order valence-corrected chi connectivity index (χ2v) is 7.19. The van der Waals surface area contributed by atoms with Gasteiger partial charge in [0.2, 0.25) is 0 Å². The first-order chi connectivity index (χ1) is 11.7. The summed E-state index contributed by atoms with van der Waals surface area (Å²) in [5.41, 5.74) is 2.22. The normalized spacial score (nSPS) is 24.5. The fourth-order valence-electron chi connectivity index (χ4n) is 3.81. The van der Waals surface area contributed by atoms with Gasteiger partial charge in [-0.15, -0.1) is 0 Å². The first-order valence-electron chi connectivity index (χ1n) is 8.88. The molecule has 3 heterocycles. The maximum absolute atomic E-state index is 9.56. The molecule has 3 N–H and O–H groups in total. The van der Waals surface area contributed by atoms with Gasteiger partial charge in [-0.05, 0) is 56.4 Å². The van der Waals surface area contributed by atoms with Gasteiger partial charge in [0.1, 0.15) is 5.82 Å². The van der Waals surface area contributed by atoms with Gasteiger partial charge < -0.3 is 20.9 Å². The first-order valence-corrected chi connectivity index (χ1v) is 8.88. The zero-order valence-electron chi connectivity index (χ0n) is 14.7. The zero-order valence-corrected chi connectivity index (χ0v) is 14.7. The van der Waals surface area contributed by atoms with E-state index in [4.69, 9.17) is 0 Å². The third-order valence-corrected chi connectivity index (χ3v) is 5.26. The molecule has 0 amide bonds. The molecule has 1 unspecified atom stereocenters. The summed E-state index contributed by atoms with van der Waals surface area (Å²) in [6, 6.07) is 4.66. The van der Waals surface area contributed by atoms with E-state index in [9.17, 15) is 5.26 Å². The number of nitrogens with zero attached hydrogens (tertiary/aromatic N) is 3. The van der Waals surface area contributed by atoms with Crippen molar-refractivity contribution in [3.8, 4) is 6.07 Å². The van der Waals surface area contributed by atoms with Crippen molar-refractivity contribution >= 4 is 11.5 Å². The number of hydrogen-bond acceptors (Lipinski definition) is 6. The Bertz CT molecular complexity index is 594. The Morgan fingerprint density at radius 3 is 2.75 bits per heavy atom. The van der Waals surface area contributed by atoms with Crippen LogP contribution in [0.5, 0.6) is 0 Å². The maximum atomic E-state index is 9.56. The number of aromatic nitrogens is 1. The van der Waals surface area contributed by atoms with Crippen LogP contribution >= 0.6 is 0 Å². The molecule has 1 aromatic heterocycles. The standard InChI is InChI=1S/C18H28N6/c1-24(2)16-15(14-3-7-20-8-4-14)5-9-22-17(16)23-13-18(11-19)6-10-21-12-18/h5,9,14,20-21H,3-4,6-8,10,12-13H2,1-2H3,(H,22,23). The third-order valence-electron chi connectivity index (χ3n) is 5.26. The number of rotatable bonds is 5. The average molecular weight is 328 g/mol. The van der Waals surface area contributed by atoms with Crippen LogP contribution in [0.15, 0.2) is 12.3 Å². The third kappa shape index (κ3) is 3.47. The first kappa shape index (κ1) is 17.0. The number of anilines is 2. The van der Waals surface area contributed by atoms with Crippen molar-refractivity contribution in [1.29, 1.82) is 5.26 Å². The molecule has 0 spiro atoms. The van der Waals surface area contributed by atoms with Gasteiger partial charge in [-0.1, -0.05) is 0 Å². The van der Waals surface area contributed by atoms with Crippen molar-refractivity contribution in [2.45, 2.75) is 25.2 Å². The number of nitriles is 1. The summed E-state index contributed by atoms with van der Waals surface area (Å²) in [5.74, 6) is 1.47. The van der Waals surface area contributed by atoms with E-state index in [0.29, 0.717) is 12.5 Å². The van der Waals surface area contributed by atoms with Crippen LogP contribution in [-0.2, 0) is 0 Å². The highest BCUT2D eigenvalue weighted by atomic mass is 15.1. The van der Waals surface area contributed by atoms with Gasteiger partial charge in [-0.25, -0.2) is 4.98 Å². The van der Waals surface area contributed by atoms with Crippen LogP contribution in [0.2, 0.25) is 0 Å². The number of hydrogen-bond donors (Lipinski definition) is 3. The van der Waals surface area contributed by atoms with E-state index in [0.717, 1.165) is 51.3 Å². The Morgan fingerprint density at radius 1 is 1.33 bits per heavy atom. The summed E-state index contributed by atoms with van der Waals surface area (Å²) in [6.07, 6.45) is 5.12. The molecule has 6 heteroatoms. The van der Waals surface area contributed by atoms with Crippen LogP contribution in [0, 0.1) is 16.7 Å². The molecule has 6 nitrogen and oxygen atoms in total. The minimum Gasteiger partial charge on any atom is -0.374 e. The van der Waals surface area contributed by atoms with Crippen LogP contribution in [-0.4, -0.2) is 51.8 Å². The van der Waals surface area contributed by atoms with Gasteiger partial charge in [0.15, 0.2) is 0 Å². The second-order valence-electron chi connectivity index (χ2n) is 7.19. The van der Waals surface area contributed by atoms with E-state index in [1.807, 2.05) is 6.20 Å². The lowest BCUT2D eigenvalue weighted by atomic mass is 9.88. The Morgan fingerprint density at radius 2 is 2.12 bits per heavy atom. The van der Waals surface area contributed by atoms with E-state index < -0.39 is 0 Å². The van der Waals surface area contributed by atoms with Crippen molar-refractivity contribution in [2.24, 2.45) is 5.41 Å². The van der Waals surface area contributed by atoms with Crippen LogP contribution in [0.4, 0.5) is 11.5 Å². The highest BCUT2D eigenvalue weighted by Crippen LogP contribution is 2.37. The lowest BCUT2D eigenvalue weighted by Gasteiger charge is -2.29. The fraction of sp³-hybridized carbons (Fsp3) is 0.667. The van der Waals surface area contributed by atoms with Crippen LogP contribution in [0.25, 0.3) is 0 Å². The monoisotopic (exact) mass is 328 g/mol. The van der Waals surface area contributed by atoms with E-state index in [-0.39, 0.29) is 5.41 Å². The average Bonchev–Trinajstić information content (AvgIpc) is 3.10.